The second kappa shape index (κ2) is 6.11. The van der Waals surface area contributed by atoms with Gasteiger partial charge in [-0.15, -0.1) is 0 Å². The lowest BCUT2D eigenvalue weighted by atomic mass is 10.2. The number of rotatable bonds is 2. The lowest BCUT2D eigenvalue weighted by Gasteiger charge is -2.11. The van der Waals surface area contributed by atoms with Gasteiger partial charge in [-0.3, -0.25) is 4.79 Å². The summed E-state index contributed by atoms with van der Waals surface area (Å²) in [5.41, 5.74) is 7.64. The molecule has 4 nitrogen and oxygen atoms in total. The van der Waals surface area contributed by atoms with Gasteiger partial charge in [-0.2, -0.15) is 0 Å². The SMILES string of the molecule is Cc1cc(Br)c(NC(=O)c2cc(N)nc(Cl)c2)c(Br)c1. The zero-order valence-electron chi connectivity index (χ0n) is 10.4. The van der Waals surface area contributed by atoms with Crippen molar-refractivity contribution in [3.05, 3.63) is 49.5 Å². The van der Waals surface area contributed by atoms with Crippen molar-refractivity contribution in [2.45, 2.75) is 6.92 Å². The smallest absolute Gasteiger partial charge is 0.255 e. The summed E-state index contributed by atoms with van der Waals surface area (Å²) in [5, 5.41) is 2.98. The van der Waals surface area contributed by atoms with Crippen molar-refractivity contribution >= 4 is 60.9 Å². The Labute approximate surface area is 138 Å². The summed E-state index contributed by atoms with van der Waals surface area (Å²) in [6, 6.07) is 6.75. The van der Waals surface area contributed by atoms with Crippen molar-refractivity contribution in [3.8, 4) is 0 Å². The normalized spacial score (nSPS) is 10.4. The van der Waals surface area contributed by atoms with Gasteiger partial charge in [0.15, 0.2) is 0 Å². The van der Waals surface area contributed by atoms with E-state index in [1.54, 1.807) is 0 Å². The number of carbonyl (C=O) groups excluding carboxylic acids is 1. The van der Waals surface area contributed by atoms with Gasteiger partial charge < -0.3 is 11.1 Å². The third-order valence-corrected chi connectivity index (χ3v) is 3.95. The highest BCUT2D eigenvalue weighted by molar-refractivity contribution is 9.11. The first-order chi connectivity index (χ1) is 9.36. The van der Waals surface area contributed by atoms with Crippen LogP contribution in [0.15, 0.2) is 33.2 Å². The predicted molar refractivity (Wildman–Crippen MR) is 88.2 cm³/mol. The zero-order valence-corrected chi connectivity index (χ0v) is 14.3. The summed E-state index contributed by atoms with van der Waals surface area (Å²) in [6.45, 7) is 1.96. The Morgan fingerprint density at radius 1 is 1.25 bits per heavy atom. The van der Waals surface area contributed by atoms with E-state index >= 15 is 0 Å². The molecule has 1 aromatic heterocycles. The molecule has 2 rings (SSSR count). The fourth-order valence-electron chi connectivity index (χ4n) is 1.65. The maximum Gasteiger partial charge on any atom is 0.255 e. The van der Waals surface area contributed by atoms with Gasteiger partial charge in [-0.05, 0) is 68.6 Å². The average Bonchev–Trinajstić information content (AvgIpc) is 2.32. The van der Waals surface area contributed by atoms with Crippen LogP contribution in [0.3, 0.4) is 0 Å². The summed E-state index contributed by atoms with van der Waals surface area (Å²) < 4.78 is 1.57. The summed E-state index contributed by atoms with van der Waals surface area (Å²) in [7, 11) is 0. The molecule has 104 valence electrons. The summed E-state index contributed by atoms with van der Waals surface area (Å²) in [5.74, 6) is -0.115. The Hall–Kier alpha value is -1.11. The fourth-order valence-corrected chi connectivity index (χ4v) is 3.48. The fraction of sp³-hybridized carbons (Fsp3) is 0.0769. The number of hydrogen-bond acceptors (Lipinski definition) is 3. The van der Waals surface area contributed by atoms with Crippen LogP contribution in [-0.4, -0.2) is 10.9 Å². The number of hydrogen-bond donors (Lipinski definition) is 2. The number of benzene rings is 1. The molecule has 1 amide bonds. The second-order valence-electron chi connectivity index (χ2n) is 4.16. The van der Waals surface area contributed by atoms with Crippen molar-refractivity contribution in [3.63, 3.8) is 0 Å². The minimum atomic E-state index is -0.314. The lowest BCUT2D eigenvalue weighted by Crippen LogP contribution is -2.13. The van der Waals surface area contributed by atoms with Gasteiger partial charge >= 0.3 is 0 Å². The van der Waals surface area contributed by atoms with Gasteiger partial charge in [0.05, 0.1) is 5.69 Å². The molecule has 3 N–H and O–H groups in total. The van der Waals surface area contributed by atoms with E-state index in [1.807, 2.05) is 19.1 Å². The maximum absolute atomic E-state index is 12.2. The molecule has 1 aromatic carbocycles. The number of anilines is 2. The molecule has 0 radical (unpaired) electrons. The Balaban J connectivity index is 2.32. The highest BCUT2D eigenvalue weighted by atomic mass is 79.9. The highest BCUT2D eigenvalue weighted by Gasteiger charge is 2.13. The monoisotopic (exact) mass is 417 g/mol. The van der Waals surface area contributed by atoms with Crippen LogP contribution in [0.1, 0.15) is 15.9 Å². The van der Waals surface area contributed by atoms with Gasteiger partial charge in [-0.1, -0.05) is 11.6 Å². The van der Waals surface area contributed by atoms with E-state index < -0.39 is 0 Å². The first kappa shape index (κ1) is 15.3. The third kappa shape index (κ3) is 3.50. The number of nitrogen functional groups attached to an aromatic ring is 1. The standard InChI is InChI=1S/C13H10Br2ClN3O/c1-6-2-8(14)12(9(15)3-6)19-13(20)7-4-10(16)18-11(17)5-7/h2-5H,1H3,(H2,17,18)(H,19,20). The highest BCUT2D eigenvalue weighted by Crippen LogP contribution is 2.32. The van der Waals surface area contributed by atoms with Crippen molar-refractivity contribution in [1.29, 1.82) is 0 Å². The number of nitrogens with two attached hydrogens (primary N) is 1. The molecule has 0 atom stereocenters. The minimum Gasteiger partial charge on any atom is -0.384 e. The van der Waals surface area contributed by atoms with Crippen LogP contribution in [0.4, 0.5) is 11.5 Å². The molecular formula is C13H10Br2ClN3O. The molecule has 0 spiro atoms. The molecule has 0 aliphatic heterocycles. The van der Waals surface area contributed by atoms with Crippen LogP contribution in [0.2, 0.25) is 5.15 Å². The molecule has 0 saturated carbocycles. The number of halogens is 3. The molecule has 1 heterocycles. The largest absolute Gasteiger partial charge is 0.384 e. The molecule has 0 saturated heterocycles. The minimum absolute atomic E-state index is 0.178. The quantitative estimate of drug-likeness (QED) is 0.709. The summed E-state index contributed by atoms with van der Waals surface area (Å²) >= 11 is 12.6. The lowest BCUT2D eigenvalue weighted by molar-refractivity contribution is 0.102. The number of carbonyl (C=O) groups is 1. The molecule has 0 bridgehead atoms. The number of nitrogens with zero attached hydrogens (tertiary/aromatic N) is 1. The molecule has 20 heavy (non-hydrogen) atoms. The molecule has 2 aromatic rings. The van der Waals surface area contributed by atoms with E-state index in [1.165, 1.54) is 12.1 Å². The van der Waals surface area contributed by atoms with E-state index in [2.05, 4.69) is 42.2 Å². The molecule has 0 aliphatic rings. The van der Waals surface area contributed by atoms with Crippen molar-refractivity contribution < 1.29 is 4.79 Å². The van der Waals surface area contributed by atoms with Gasteiger partial charge in [0.2, 0.25) is 0 Å². The Morgan fingerprint density at radius 2 is 1.85 bits per heavy atom. The maximum atomic E-state index is 12.2. The van der Waals surface area contributed by atoms with Crippen LogP contribution in [0.25, 0.3) is 0 Å². The summed E-state index contributed by atoms with van der Waals surface area (Å²) in [4.78, 5) is 16.0. The van der Waals surface area contributed by atoms with Crippen molar-refractivity contribution in [2.75, 3.05) is 11.1 Å². The molecule has 0 aliphatic carbocycles. The van der Waals surface area contributed by atoms with Crippen molar-refractivity contribution in [1.82, 2.24) is 4.98 Å². The second-order valence-corrected chi connectivity index (χ2v) is 6.26. The van der Waals surface area contributed by atoms with Crippen LogP contribution >= 0.6 is 43.5 Å². The van der Waals surface area contributed by atoms with Crippen LogP contribution in [-0.2, 0) is 0 Å². The average molecular weight is 420 g/mol. The Bertz CT molecular complexity index is 648. The van der Waals surface area contributed by atoms with E-state index in [0.717, 1.165) is 14.5 Å². The molecule has 0 unspecified atom stereocenters. The Kier molecular flexibility index (Phi) is 4.67. The summed E-state index contributed by atoms with van der Waals surface area (Å²) in [6.07, 6.45) is 0. The van der Waals surface area contributed by atoms with Gasteiger partial charge in [0, 0.05) is 14.5 Å². The first-order valence-corrected chi connectivity index (χ1v) is 7.53. The zero-order chi connectivity index (χ0) is 14.9. The van der Waals surface area contributed by atoms with Gasteiger partial charge in [0.25, 0.3) is 5.91 Å². The van der Waals surface area contributed by atoms with Crippen LogP contribution in [0.5, 0.6) is 0 Å². The third-order valence-electron chi connectivity index (χ3n) is 2.50. The number of pyridine rings is 1. The van der Waals surface area contributed by atoms with E-state index in [9.17, 15) is 4.79 Å². The number of nitrogens with one attached hydrogen (secondary N) is 1. The van der Waals surface area contributed by atoms with Gasteiger partial charge in [0.1, 0.15) is 11.0 Å². The molecular weight excluding hydrogens is 409 g/mol. The van der Waals surface area contributed by atoms with Crippen molar-refractivity contribution in [2.24, 2.45) is 0 Å². The predicted octanol–water partition coefficient (Wildman–Crippen LogP) is 4.40. The first-order valence-electron chi connectivity index (χ1n) is 5.57. The number of amides is 1. The van der Waals surface area contributed by atoms with Crippen LogP contribution < -0.4 is 11.1 Å². The number of aryl methyl sites for hydroxylation is 1. The molecule has 0 fully saturated rings. The van der Waals surface area contributed by atoms with E-state index in [4.69, 9.17) is 17.3 Å². The topological polar surface area (TPSA) is 68.0 Å². The van der Waals surface area contributed by atoms with Crippen LogP contribution in [0, 0.1) is 6.92 Å². The van der Waals surface area contributed by atoms with Gasteiger partial charge in [-0.25, -0.2) is 4.98 Å². The number of aromatic nitrogens is 1. The Morgan fingerprint density at radius 3 is 2.40 bits per heavy atom. The van der Waals surface area contributed by atoms with E-state index in [-0.39, 0.29) is 16.9 Å². The molecule has 7 heteroatoms. The van der Waals surface area contributed by atoms with E-state index in [0.29, 0.717) is 11.3 Å².